The molecular weight excluding hydrogens is 290 g/mol. The molecule has 0 fully saturated rings. The highest BCUT2D eigenvalue weighted by Crippen LogP contribution is 2.13. The summed E-state index contributed by atoms with van der Waals surface area (Å²) in [4.78, 5) is 16.3. The molecule has 2 rings (SSSR count). The fourth-order valence-corrected chi connectivity index (χ4v) is 2.10. The van der Waals surface area contributed by atoms with Gasteiger partial charge in [0, 0.05) is 6.54 Å². The lowest BCUT2D eigenvalue weighted by Crippen LogP contribution is -2.14. The Balaban J connectivity index is 1.84. The van der Waals surface area contributed by atoms with Crippen molar-refractivity contribution in [3.05, 3.63) is 48.2 Å². The first kappa shape index (κ1) is 16.8. The van der Waals surface area contributed by atoms with E-state index in [9.17, 15) is 4.79 Å². The maximum absolute atomic E-state index is 12.0. The molecule has 1 aromatic carbocycles. The molecule has 5 nitrogen and oxygen atoms in total. The summed E-state index contributed by atoms with van der Waals surface area (Å²) < 4.78 is 5.10. The SMILES string of the molecule is CCCCNc1ccc(NC(=O)Cc2ccc(OC)cc2)cn1. The summed E-state index contributed by atoms with van der Waals surface area (Å²) in [6.07, 6.45) is 4.25. The van der Waals surface area contributed by atoms with Crippen molar-refractivity contribution in [2.75, 3.05) is 24.3 Å². The van der Waals surface area contributed by atoms with E-state index in [2.05, 4.69) is 22.5 Å². The molecule has 0 bridgehead atoms. The zero-order valence-corrected chi connectivity index (χ0v) is 13.6. The van der Waals surface area contributed by atoms with Crippen LogP contribution in [0.25, 0.3) is 0 Å². The van der Waals surface area contributed by atoms with Gasteiger partial charge < -0.3 is 15.4 Å². The van der Waals surface area contributed by atoms with E-state index in [0.717, 1.165) is 36.5 Å². The first-order valence-corrected chi connectivity index (χ1v) is 7.84. The Morgan fingerprint density at radius 2 is 1.96 bits per heavy atom. The molecule has 0 radical (unpaired) electrons. The number of hydrogen-bond donors (Lipinski definition) is 2. The fourth-order valence-electron chi connectivity index (χ4n) is 2.10. The van der Waals surface area contributed by atoms with Crippen LogP contribution in [-0.2, 0) is 11.2 Å². The van der Waals surface area contributed by atoms with Gasteiger partial charge in [0.15, 0.2) is 0 Å². The Morgan fingerprint density at radius 3 is 2.57 bits per heavy atom. The molecule has 0 spiro atoms. The molecule has 5 heteroatoms. The van der Waals surface area contributed by atoms with Crippen LogP contribution in [0.1, 0.15) is 25.3 Å². The first-order valence-electron chi connectivity index (χ1n) is 7.84. The number of aromatic nitrogens is 1. The number of amides is 1. The van der Waals surface area contributed by atoms with Gasteiger partial charge >= 0.3 is 0 Å². The van der Waals surface area contributed by atoms with E-state index in [1.54, 1.807) is 13.3 Å². The van der Waals surface area contributed by atoms with Gasteiger partial charge in [-0.3, -0.25) is 4.79 Å². The minimum absolute atomic E-state index is 0.0661. The first-order chi connectivity index (χ1) is 11.2. The zero-order valence-electron chi connectivity index (χ0n) is 13.6. The largest absolute Gasteiger partial charge is 0.497 e. The number of nitrogens with zero attached hydrogens (tertiary/aromatic N) is 1. The standard InChI is InChI=1S/C18H23N3O2/c1-3-4-11-19-17-10-7-15(13-20-17)21-18(22)12-14-5-8-16(23-2)9-6-14/h5-10,13H,3-4,11-12H2,1-2H3,(H,19,20)(H,21,22). The van der Waals surface area contributed by atoms with Crippen LogP contribution in [-0.4, -0.2) is 24.5 Å². The molecule has 23 heavy (non-hydrogen) atoms. The topological polar surface area (TPSA) is 63.2 Å². The number of carbonyl (C=O) groups is 1. The van der Waals surface area contributed by atoms with Crippen LogP contribution in [0.2, 0.25) is 0 Å². The molecule has 0 aliphatic rings. The maximum atomic E-state index is 12.0. The van der Waals surface area contributed by atoms with Gasteiger partial charge in [0.25, 0.3) is 0 Å². The summed E-state index contributed by atoms with van der Waals surface area (Å²) in [5.74, 6) is 1.54. The molecule has 1 amide bonds. The highest BCUT2D eigenvalue weighted by Gasteiger charge is 2.05. The number of rotatable bonds is 8. The van der Waals surface area contributed by atoms with Gasteiger partial charge in [-0.2, -0.15) is 0 Å². The molecule has 0 saturated heterocycles. The highest BCUT2D eigenvalue weighted by atomic mass is 16.5. The Kier molecular flexibility index (Phi) is 6.41. The summed E-state index contributed by atoms with van der Waals surface area (Å²) in [5.41, 5.74) is 1.64. The second-order valence-corrected chi connectivity index (χ2v) is 5.29. The molecule has 122 valence electrons. The summed E-state index contributed by atoms with van der Waals surface area (Å²) >= 11 is 0. The van der Waals surface area contributed by atoms with E-state index >= 15 is 0 Å². The smallest absolute Gasteiger partial charge is 0.228 e. The molecule has 2 aromatic rings. The van der Waals surface area contributed by atoms with Gasteiger partial charge in [0.1, 0.15) is 11.6 Å². The predicted molar refractivity (Wildman–Crippen MR) is 93.0 cm³/mol. The Morgan fingerprint density at radius 1 is 1.17 bits per heavy atom. The van der Waals surface area contributed by atoms with Crippen LogP contribution in [0.5, 0.6) is 5.75 Å². The van der Waals surface area contributed by atoms with Crippen molar-refractivity contribution in [2.45, 2.75) is 26.2 Å². The minimum atomic E-state index is -0.0661. The highest BCUT2D eigenvalue weighted by molar-refractivity contribution is 5.92. The lowest BCUT2D eigenvalue weighted by molar-refractivity contribution is -0.115. The van der Waals surface area contributed by atoms with E-state index in [0.29, 0.717) is 12.1 Å². The predicted octanol–water partition coefficient (Wildman–Crippen LogP) is 3.48. The number of ether oxygens (including phenoxy) is 1. The maximum Gasteiger partial charge on any atom is 0.228 e. The fraction of sp³-hybridized carbons (Fsp3) is 0.333. The average Bonchev–Trinajstić information content (AvgIpc) is 2.57. The summed E-state index contributed by atoms with van der Waals surface area (Å²) in [5, 5.41) is 6.09. The molecule has 0 atom stereocenters. The molecular formula is C18H23N3O2. The van der Waals surface area contributed by atoms with Gasteiger partial charge in [0.2, 0.25) is 5.91 Å². The van der Waals surface area contributed by atoms with Gasteiger partial charge in [-0.25, -0.2) is 4.98 Å². The summed E-state index contributed by atoms with van der Waals surface area (Å²) in [7, 11) is 1.62. The number of carbonyl (C=O) groups excluding carboxylic acids is 1. The van der Waals surface area contributed by atoms with Crippen LogP contribution in [0.3, 0.4) is 0 Å². The summed E-state index contributed by atoms with van der Waals surface area (Å²) in [6, 6.07) is 11.2. The minimum Gasteiger partial charge on any atom is -0.497 e. The number of hydrogen-bond acceptors (Lipinski definition) is 4. The Bertz CT molecular complexity index is 609. The average molecular weight is 313 g/mol. The quantitative estimate of drug-likeness (QED) is 0.732. The molecule has 1 aromatic heterocycles. The summed E-state index contributed by atoms with van der Waals surface area (Å²) in [6.45, 7) is 3.06. The normalized spacial score (nSPS) is 10.2. The van der Waals surface area contributed by atoms with E-state index in [1.165, 1.54) is 0 Å². The van der Waals surface area contributed by atoms with Crippen LogP contribution in [0, 0.1) is 0 Å². The van der Waals surface area contributed by atoms with Gasteiger partial charge in [-0.1, -0.05) is 25.5 Å². The van der Waals surface area contributed by atoms with Crippen molar-refractivity contribution in [3.8, 4) is 5.75 Å². The van der Waals surface area contributed by atoms with E-state index in [4.69, 9.17) is 4.74 Å². The number of anilines is 2. The molecule has 0 unspecified atom stereocenters. The van der Waals surface area contributed by atoms with Crippen molar-refractivity contribution in [1.82, 2.24) is 4.98 Å². The lowest BCUT2D eigenvalue weighted by atomic mass is 10.1. The third-order valence-corrected chi connectivity index (χ3v) is 3.41. The van der Waals surface area contributed by atoms with Crippen molar-refractivity contribution in [3.63, 3.8) is 0 Å². The van der Waals surface area contributed by atoms with Crippen molar-refractivity contribution >= 4 is 17.4 Å². The molecule has 2 N–H and O–H groups in total. The van der Waals surface area contributed by atoms with Gasteiger partial charge in [0.05, 0.1) is 25.4 Å². The van der Waals surface area contributed by atoms with E-state index in [-0.39, 0.29) is 5.91 Å². The van der Waals surface area contributed by atoms with Crippen molar-refractivity contribution < 1.29 is 9.53 Å². The third kappa shape index (κ3) is 5.62. The second kappa shape index (κ2) is 8.78. The van der Waals surface area contributed by atoms with Crippen molar-refractivity contribution in [1.29, 1.82) is 0 Å². The van der Waals surface area contributed by atoms with E-state index in [1.807, 2.05) is 36.4 Å². The molecule has 0 aliphatic heterocycles. The molecule has 0 aliphatic carbocycles. The zero-order chi connectivity index (χ0) is 16.5. The lowest BCUT2D eigenvalue weighted by Gasteiger charge is -2.08. The number of unbranched alkanes of at least 4 members (excludes halogenated alkanes) is 1. The number of nitrogens with one attached hydrogen (secondary N) is 2. The Hall–Kier alpha value is -2.56. The number of benzene rings is 1. The Labute approximate surface area is 137 Å². The van der Waals surface area contributed by atoms with Crippen LogP contribution < -0.4 is 15.4 Å². The van der Waals surface area contributed by atoms with Gasteiger partial charge in [-0.05, 0) is 36.2 Å². The van der Waals surface area contributed by atoms with Crippen LogP contribution in [0.4, 0.5) is 11.5 Å². The van der Waals surface area contributed by atoms with E-state index < -0.39 is 0 Å². The van der Waals surface area contributed by atoms with Crippen molar-refractivity contribution in [2.24, 2.45) is 0 Å². The van der Waals surface area contributed by atoms with Crippen LogP contribution >= 0.6 is 0 Å². The third-order valence-electron chi connectivity index (χ3n) is 3.41. The van der Waals surface area contributed by atoms with Crippen LogP contribution in [0.15, 0.2) is 42.6 Å². The number of pyridine rings is 1. The van der Waals surface area contributed by atoms with Gasteiger partial charge in [-0.15, -0.1) is 0 Å². The monoisotopic (exact) mass is 313 g/mol. The molecule has 1 heterocycles. The second-order valence-electron chi connectivity index (χ2n) is 5.29. The molecule has 0 saturated carbocycles. The number of methoxy groups -OCH3 is 1.